The van der Waals surface area contributed by atoms with E-state index in [1.54, 1.807) is 0 Å². The van der Waals surface area contributed by atoms with Crippen molar-refractivity contribution in [1.82, 2.24) is 9.13 Å². The summed E-state index contributed by atoms with van der Waals surface area (Å²) < 4.78 is 4.94. The first kappa shape index (κ1) is 29.3. The lowest BCUT2D eigenvalue weighted by molar-refractivity contribution is 0.895. The molecule has 7 aromatic carbocycles. The van der Waals surface area contributed by atoms with E-state index in [4.69, 9.17) is 0 Å². The monoisotopic (exact) mass is 653 g/mol. The van der Waals surface area contributed by atoms with Crippen molar-refractivity contribution in [2.24, 2.45) is 0 Å². The van der Waals surface area contributed by atoms with Gasteiger partial charge in [-0.25, -0.2) is 0 Å². The topological polar surface area (TPSA) is 13.1 Å². The summed E-state index contributed by atoms with van der Waals surface area (Å²) in [7, 11) is 0. The Labute approximate surface area is 297 Å². The molecule has 0 radical (unpaired) electrons. The van der Waals surface area contributed by atoms with E-state index in [1.807, 2.05) is 0 Å². The molecule has 0 spiro atoms. The maximum absolute atomic E-state index is 2.51. The van der Waals surface area contributed by atoms with Gasteiger partial charge in [0.1, 0.15) is 0 Å². The first-order chi connectivity index (χ1) is 25.3. The summed E-state index contributed by atoms with van der Waals surface area (Å²) in [6.07, 6.45) is 6.53. The normalized spacial score (nSPS) is 13.2. The quantitative estimate of drug-likeness (QED) is 0.174. The van der Waals surface area contributed by atoms with Gasteiger partial charge in [-0.3, -0.25) is 0 Å². The minimum atomic E-state index is 0.934. The van der Waals surface area contributed by atoms with Crippen LogP contribution in [-0.4, -0.2) is 9.13 Å². The van der Waals surface area contributed by atoms with Gasteiger partial charge in [0.15, 0.2) is 0 Å². The van der Waals surface area contributed by atoms with Gasteiger partial charge < -0.3 is 14.0 Å². The number of para-hydroxylation sites is 4. The summed E-state index contributed by atoms with van der Waals surface area (Å²) in [4.78, 5) is 2.39. The van der Waals surface area contributed by atoms with Crippen LogP contribution in [0.1, 0.15) is 12.8 Å². The highest BCUT2D eigenvalue weighted by Crippen LogP contribution is 2.44. The average molecular weight is 654 g/mol. The Morgan fingerprint density at radius 1 is 0.373 bits per heavy atom. The lowest BCUT2D eigenvalue weighted by Crippen LogP contribution is -2.18. The van der Waals surface area contributed by atoms with Crippen molar-refractivity contribution in [3.63, 3.8) is 0 Å². The van der Waals surface area contributed by atoms with Gasteiger partial charge in [0.25, 0.3) is 0 Å². The molecule has 0 fully saturated rings. The molecule has 0 bridgehead atoms. The van der Waals surface area contributed by atoms with E-state index in [9.17, 15) is 0 Å². The maximum Gasteiger partial charge on any atom is 0.0548 e. The van der Waals surface area contributed by atoms with Gasteiger partial charge in [0.05, 0.1) is 22.1 Å². The van der Waals surface area contributed by atoms with Crippen LogP contribution >= 0.6 is 0 Å². The molecule has 0 saturated heterocycles. The number of rotatable bonds is 6. The second-order valence-electron chi connectivity index (χ2n) is 13.3. The fourth-order valence-electron chi connectivity index (χ4n) is 8.16. The van der Waals surface area contributed by atoms with E-state index >= 15 is 0 Å². The third-order valence-electron chi connectivity index (χ3n) is 10.4. The SMILES string of the molecule is C1=C(N(c2ccccc2)c2ccccc2)CCC(n2c3ccccc3c3c4c5ccccc5n(-c5ccc(-c6ccccc6)cc5)c4ccc32)=C1. The third-order valence-corrected chi connectivity index (χ3v) is 10.4. The van der Waals surface area contributed by atoms with Crippen molar-refractivity contribution in [2.45, 2.75) is 12.8 Å². The Bertz CT molecular complexity index is 2730. The number of fused-ring (bicyclic) bond motifs is 7. The third kappa shape index (κ3) is 4.81. The molecule has 2 aromatic heterocycles. The van der Waals surface area contributed by atoms with Gasteiger partial charge >= 0.3 is 0 Å². The Morgan fingerprint density at radius 3 is 1.43 bits per heavy atom. The molecule has 1 aliphatic rings. The number of hydrogen-bond acceptors (Lipinski definition) is 1. The molecule has 0 N–H and O–H groups in total. The summed E-state index contributed by atoms with van der Waals surface area (Å²) in [6, 6.07) is 63.5. The number of nitrogens with zero attached hydrogens (tertiary/aromatic N) is 3. The molecular formula is C48H35N3. The molecule has 0 saturated carbocycles. The second-order valence-corrected chi connectivity index (χ2v) is 13.3. The van der Waals surface area contributed by atoms with Gasteiger partial charge in [0.2, 0.25) is 0 Å². The first-order valence-electron chi connectivity index (χ1n) is 17.7. The summed E-state index contributed by atoms with van der Waals surface area (Å²) >= 11 is 0. The Morgan fingerprint density at radius 2 is 0.863 bits per heavy atom. The predicted octanol–water partition coefficient (Wildman–Crippen LogP) is 12.9. The molecule has 9 aromatic rings. The second kappa shape index (κ2) is 12.1. The highest BCUT2D eigenvalue weighted by molar-refractivity contribution is 6.29. The van der Waals surface area contributed by atoms with Crippen LogP contribution in [0.3, 0.4) is 0 Å². The summed E-state index contributed by atoms with van der Waals surface area (Å²) in [5.41, 5.74) is 13.5. The molecule has 10 rings (SSSR count). The summed E-state index contributed by atoms with van der Waals surface area (Å²) in [5, 5.41) is 5.17. The van der Waals surface area contributed by atoms with Gasteiger partial charge in [-0.05, 0) is 96.8 Å². The Balaban J connectivity index is 1.15. The molecule has 0 amide bonds. The molecule has 3 heteroatoms. The molecule has 51 heavy (non-hydrogen) atoms. The van der Waals surface area contributed by atoms with Crippen LogP contribution in [0.25, 0.3) is 66.1 Å². The van der Waals surface area contributed by atoms with E-state index in [0.29, 0.717) is 0 Å². The van der Waals surface area contributed by atoms with Crippen molar-refractivity contribution in [3.8, 4) is 16.8 Å². The summed E-state index contributed by atoms with van der Waals surface area (Å²) in [5.74, 6) is 0. The first-order valence-corrected chi connectivity index (χ1v) is 17.7. The minimum Gasteiger partial charge on any atom is -0.314 e. The summed E-state index contributed by atoms with van der Waals surface area (Å²) in [6.45, 7) is 0. The fraction of sp³-hybridized carbons (Fsp3) is 0.0417. The molecule has 242 valence electrons. The van der Waals surface area contributed by atoms with Crippen LogP contribution in [0.2, 0.25) is 0 Å². The minimum absolute atomic E-state index is 0.934. The van der Waals surface area contributed by atoms with Crippen molar-refractivity contribution < 1.29 is 0 Å². The standard InChI is InChI=1S/C48H35N3/c1-4-14-34(15-5-1)35-24-26-39(27-25-35)50-43-22-12-10-20-41(43)47-45(50)32-33-46-48(47)42-21-11-13-23-44(42)51(46)40-30-28-38(29-31-40)49(36-16-6-2-7-17-36)37-18-8-3-9-19-37/h1-28,30,32-33H,29,31H2. The van der Waals surface area contributed by atoms with Crippen LogP contribution < -0.4 is 4.90 Å². The number of hydrogen-bond donors (Lipinski definition) is 0. The number of allylic oxidation sites excluding steroid dienone is 4. The zero-order valence-electron chi connectivity index (χ0n) is 28.2. The van der Waals surface area contributed by atoms with E-state index in [1.165, 1.54) is 77.5 Å². The van der Waals surface area contributed by atoms with Gasteiger partial charge in [-0.1, -0.05) is 115 Å². The van der Waals surface area contributed by atoms with Crippen molar-refractivity contribution in [1.29, 1.82) is 0 Å². The van der Waals surface area contributed by atoms with Crippen LogP contribution in [0, 0.1) is 0 Å². The maximum atomic E-state index is 2.51. The zero-order valence-corrected chi connectivity index (χ0v) is 28.2. The average Bonchev–Trinajstić information content (AvgIpc) is 3.72. The van der Waals surface area contributed by atoms with Crippen LogP contribution in [-0.2, 0) is 0 Å². The molecule has 1 aliphatic carbocycles. The highest BCUT2D eigenvalue weighted by Gasteiger charge is 2.23. The molecule has 0 atom stereocenters. The lowest BCUT2D eigenvalue weighted by atomic mass is 10.0. The fourth-order valence-corrected chi connectivity index (χ4v) is 8.16. The van der Waals surface area contributed by atoms with Gasteiger partial charge in [-0.2, -0.15) is 0 Å². The zero-order chi connectivity index (χ0) is 33.7. The molecule has 2 heterocycles. The van der Waals surface area contributed by atoms with Crippen LogP contribution in [0.4, 0.5) is 11.4 Å². The Hall–Kier alpha value is -6.58. The van der Waals surface area contributed by atoms with E-state index in [0.717, 1.165) is 18.5 Å². The molecule has 0 aliphatic heterocycles. The highest BCUT2D eigenvalue weighted by atomic mass is 15.1. The number of benzene rings is 7. The van der Waals surface area contributed by atoms with Gasteiger partial charge in [0, 0.05) is 50.0 Å². The van der Waals surface area contributed by atoms with Gasteiger partial charge in [-0.15, -0.1) is 0 Å². The predicted molar refractivity (Wildman–Crippen MR) is 216 cm³/mol. The smallest absolute Gasteiger partial charge is 0.0548 e. The number of anilines is 2. The largest absolute Gasteiger partial charge is 0.314 e. The van der Waals surface area contributed by atoms with E-state index in [2.05, 4.69) is 202 Å². The molecule has 0 unspecified atom stereocenters. The number of aromatic nitrogens is 2. The molecular weight excluding hydrogens is 619 g/mol. The molecule has 3 nitrogen and oxygen atoms in total. The van der Waals surface area contributed by atoms with Crippen molar-refractivity contribution in [2.75, 3.05) is 4.90 Å². The van der Waals surface area contributed by atoms with Crippen LogP contribution in [0.15, 0.2) is 194 Å². The van der Waals surface area contributed by atoms with E-state index in [-0.39, 0.29) is 0 Å². The van der Waals surface area contributed by atoms with Crippen molar-refractivity contribution in [3.05, 3.63) is 194 Å². The van der Waals surface area contributed by atoms with Crippen molar-refractivity contribution >= 4 is 60.7 Å². The van der Waals surface area contributed by atoms with Crippen LogP contribution in [0.5, 0.6) is 0 Å². The lowest BCUT2D eigenvalue weighted by Gasteiger charge is -2.30. The Kier molecular flexibility index (Phi) is 6.95. The van der Waals surface area contributed by atoms with E-state index < -0.39 is 0 Å².